The molecule has 1 aliphatic heterocycles. The van der Waals surface area contributed by atoms with Crippen molar-refractivity contribution in [3.63, 3.8) is 0 Å². The molecule has 2 N–H and O–H groups in total. The lowest BCUT2D eigenvalue weighted by atomic mass is 9.99. The van der Waals surface area contributed by atoms with Crippen molar-refractivity contribution in [2.75, 3.05) is 36.2 Å². The smallest absolute Gasteiger partial charge is 0.0604 e. The van der Waals surface area contributed by atoms with Gasteiger partial charge in [0, 0.05) is 32.9 Å². The summed E-state index contributed by atoms with van der Waals surface area (Å²) in [5.41, 5.74) is 12.3. The lowest BCUT2D eigenvalue weighted by Crippen LogP contribution is -2.30. The maximum absolute atomic E-state index is 6.24. The van der Waals surface area contributed by atoms with E-state index in [2.05, 4.69) is 52.3 Å². The molecular weight excluding hydrogens is 246 g/mol. The van der Waals surface area contributed by atoms with Crippen molar-refractivity contribution in [3.8, 4) is 0 Å². The average molecular weight is 267 g/mol. The van der Waals surface area contributed by atoms with Crippen LogP contribution in [0.25, 0.3) is 0 Å². The molecule has 0 atom stereocenters. The summed E-state index contributed by atoms with van der Waals surface area (Å²) in [5.74, 6) is 0. The first-order chi connectivity index (χ1) is 9.65. The molecule has 104 valence electrons. The quantitative estimate of drug-likeness (QED) is 0.849. The lowest BCUT2D eigenvalue weighted by Gasteiger charge is -2.32. The number of nitrogen functional groups attached to an aromatic ring is 1. The Morgan fingerprint density at radius 1 is 1.05 bits per heavy atom. The van der Waals surface area contributed by atoms with Gasteiger partial charge in [0.25, 0.3) is 0 Å². The molecule has 0 fully saturated rings. The number of nitrogens with zero attached hydrogens (tertiary/aromatic N) is 2. The molecule has 2 aromatic rings. The van der Waals surface area contributed by atoms with Crippen molar-refractivity contribution < 1.29 is 0 Å². The van der Waals surface area contributed by atoms with E-state index in [1.54, 1.807) is 0 Å². The zero-order chi connectivity index (χ0) is 14.1. The minimum atomic E-state index is 0.857. The second-order valence-electron chi connectivity index (χ2n) is 5.58. The molecule has 20 heavy (non-hydrogen) atoms. The van der Waals surface area contributed by atoms with E-state index >= 15 is 0 Å². The van der Waals surface area contributed by atoms with Crippen molar-refractivity contribution in [2.24, 2.45) is 0 Å². The Bertz CT molecular complexity index is 619. The number of hydrogen-bond acceptors (Lipinski definition) is 3. The first-order valence-corrected chi connectivity index (χ1v) is 7.04. The molecule has 3 heteroatoms. The van der Waals surface area contributed by atoms with Gasteiger partial charge < -0.3 is 15.5 Å². The lowest BCUT2D eigenvalue weighted by molar-refractivity contribution is 0.733. The molecule has 0 saturated carbocycles. The number of rotatable bonds is 2. The first kappa shape index (κ1) is 12.9. The van der Waals surface area contributed by atoms with Crippen LogP contribution < -0.4 is 15.5 Å². The standard InChI is InChI=1S/C17H21N3/c1-19(2)15-7-8-17(16(18)11-15)20-10-9-13-5-3-4-6-14(13)12-20/h3-8,11H,9-10,12,18H2,1-2H3. The second-order valence-corrected chi connectivity index (χ2v) is 5.58. The molecule has 0 bridgehead atoms. The van der Waals surface area contributed by atoms with Crippen LogP contribution in [-0.2, 0) is 13.0 Å². The molecular formula is C17H21N3. The van der Waals surface area contributed by atoms with Crippen molar-refractivity contribution in [2.45, 2.75) is 13.0 Å². The maximum atomic E-state index is 6.24. The summed E-state index contributed by atoms with van der Waals surface area (Å²) in [6, 6.07) is 15.0. The largest absolute Gasteiger partial charge is 0.397 e. The fraction of sp³-hybridized carbons (Fsp3) is 0.294. The monoisotopic (exact) mass is 267 g/mol. The van der Waals surface area contributed by atoms with Crippen LogP contribution in [0.4, 0.5) is 17.1 Å². The van der Waals surface area contributed by atoms with Gasteiger partial charge >= 0.3 is 0 Å². The van der Waals surface area contributed by atoms with Crippen LogP contribution in [0, 0.1) is 0 Å². The van der Waals surface area contributed by atoms with E-state index in [9.17, 15) is 0 Å². The van der Waals surface area contributed by atoms with Crippen molar-refractivity contribution in [1.29, 1.82) is 0 Å². The summed E-state index contributed by atoms with van der Waals surface area (Å²) in [4.78, 5) is 4.45. The van der Waals surface area contributed by atoms with Crippen LogP contribution >= 0.6 is 0 Å². The van der Waals surface area contributed by atoms with Gasteiger partial charge in [-0.2, -0.15) is 0 Å². The molecule has 0 amide bonds. The molecule has 1 heterocycles. The molecule has 2 aromatic carbocycles. The van der Waals surface area contributed by atoms with Gasteiger partial charge in [0.2, 0.25) is 0 Å². The normalized spacial score (nSPS) is 14.0. The van der Waals surface area contributed by atoms with Crippen LogP contribution in [0.5, 0.6) is 0 Å². The number of anilines is 3. The zero-order valence-corrected chi connectivity index (χ0v) is 12.1. The van der Waals surface area contributed by atoms with Gasteiger partial charge in [-0.15, -0.1) is 0 Å². The summed E-state index contributed by atoms with van der Waals surface area (Å²) < 4.78 is 0. The summed E-state index contributed by atoms with van der Waals surface area (Å²) in [6.07, 6.45) is 1.09. The van der Waals surface area contributed by atoms with Crippen LogP contribution in [0.3, 0.4) is 0 Å². The highest BCUT2D eigenvalue weighted by Gasteiger charge is 2.17. The fourth-order valence-electron chi connectivity index (χ4n) is 2.81. The third-order valence-electron chi connectivity index (χ3n) is 4.00. The molecule has 1 aliphatic rings. The van der Waals surface area contributed by atoms with E-state index < -0.39 is 0 Å². The van der Waals surface area contributed by atoms with E-state index in [1.165, 1.54) is 11.1 Å². The molecule has 0 aromatic heterocycles. The predicted molar refractivity (Wildman–Crippen MR) is 86.4 cm³/mol. The predicted octanol–water partition coefficient (Wildman–Crippen LogP) is 2.90. The second kappa shape index (κ2) is 5.08. The number of benzene rings is 2. The summed E-state index contributed by atoms with van der Waals surface area (Å²) >= 11 is 0. The van der Waals surface area contributed by atoms with E-state index in [0.29, 0.717) is 0 Å². The van der Waals surface area contributed by atoms with Crippen molar-refractivity contribution in [3.05, 3.63) is 53.6 Å². The average Bonchev–Trinajstić information content (AvgIpc) is 2.46. The highest BCUT2D eigenvalue weighted by Crippen LogP contribution is 2.31. The molecule has 3 nitrogen and oxygen atoms in total. The third-order valence-corrected chi connectivity index (χ3v) is 4.00. The Hall–Kier alpha value is -2.16. The van der Waals surface area contributed by atoms with Gasteiger partial charge in [0.05, 0.1) is 11.4 Å². The number of fused-ring (bicyclic) bond motifs is 1. The summed E-state index contributed by atoms with van der Waals surface area (Å²) in [7, 11) is 4.07. The Labute approximate surface area is 120 Å². The fourth-order valence-corrected chi connectivity index (χ4v) is 2.81. The molecule has 3 rings (SSSR count). The Kier molecular flexibility index (Phi) is 3.26. The van der Waals surface area contributed by atoms with Gasteiger partial charge in [-0.1, -0.05) is 24.3 Å². The zero-order valence-electron chi connectivity index (χ0n) is 12.1. The van der Waals surface area contributed by atoms with Gasteiger partial charge in [-0.3, -0.25) is 0 Å². The van der Waals surface area contributed by atoms with Gasteiger partial charge in [-0.05, 0) is 35.7 Å². The third kappa shape index (κ3) is 2.31. The van der Waals surface area contributed by atoms with Crippen LogP contribution in [0.2, 0.25) is 0 Å². The molecule has 0 aliphatic carbocycles. The van der Waals surface area contributed by atoms with Gasteiger partial charge in [0.1, 0.15) is 0 Å². The maximum Gasteiger partial charge on any atom is 0.0604 e. The highest BCUT2D eigenvalue weighted by molar-refractivity contribution is 5.73. The molecule has 0 radical (unpaired) electrons. The molecule has 0 saturated heterocycles. The summed E-state index contributed by atoms with van der Waals surface area (Å²) in [5, 5.41) is 0. The molecule has 0 spiro atoms. The van der Waals surface area contributed by atoms with Gasteiger partial charge in [-0.25, -0.2) is 0 Å². The van der Waals surface area contributed by atoms with Crippen molar-refractivity contribution in [1.82, 2.24) is 0 Å². The Morgan fingerprint density at radius 2 is 1.80 bits per heavy atom. The molecule has 0 unspecified atom stereocenters. The number of hydrogen-bond donors (Lipinski definition) is 1. The van der Waals surface area contributed by atoms with Crippen LogP contribution in [0.15, 0.2) is 42.5 Å². The summed E-state index contributed by atoms with van der Waals surface area (Å²) in [6.45, 7) is 1.98. The number of nitrogens with two attached hydrogens (primary N) is 1. The SMILES string of the molecule is CN(C)c1ccc(N2CCc3ccccc3C2)c(N)c1. The van der Waals surface area contributed by atoms with E-state index in [4.69, 9.17) is 5.73 Å². The first-order valence-electron chi connectivity index (χ1n) is 7.04. The minimum Gasteiger partial charge on any atom is -0.397 e. The Morgan fingerprint density at radius 3 is 2.50 bits per heavy atom. The topological polar surface area (TPSA) is 32.5 Å². The highest BCUT2D eigenvalue weighted by atomic mass is 15.1. The van der Waals surface area contributed by atoms with Gasteiger partial charge in [0.15, 0.2) is 0 Å². The Balaban J connectivity index is 1.88. The van der Waals surface area contributed by atoms with Crippen LogP contribution in [0.1, 0.15) is 11.1 Å². The van der Waals surface area contributed by atoms with E-state index in [-0.39, 0.29) is 0 Å². The van der Waals surface area contributed by atoms with Crippen LogP contribution in [-0.4, -0.2) is 20.6 Å². The van der Waals surface area contributed by atoms with Crippen molar-refractivity contribution >= 4 is 17.1 Å². The minimum absolute atomic E-state index is 0.857. The van der Waals surface area contributed by atoms with E-state index in [1.807, 2.05) is 14.1 Å². The van der Waals surface area contributed by atoms with E-state index in [0.717, 1.165) is 36.6 Å².